The molecule has 2 N–H and O–H groups in total. The van der Waals surface area contributed by atoms with Crippen LogP contribution in [0.1, 0.15) is 126 Å². The molecule has 1 amide bonds. The van der Waals surface area contributed by atoms with Crippen molar-refractivity contribution < 1.29 is 33.8 Å². The summed E-state index contributed by atoms with van der Waals surface area (Å²) < 4.78 is 4.73. The summed E-state index contributed by atoms with van der Waals surface area (Å²) in [7, 11) is 1.22. The zero-order valence-electron chi connectivity index (χ0n) is 30.1. The Bertz CT molecular complexity index is 1360. The monoisotopic (exact) mass is 653 g/mol. The van der Waals surface area contributed by atoms with Crippen molar-refractivity contribution in [1.29, 1.82) is 0 Å². The molecule has 47 heavy (non-hydrogen) atoms. The number of nitrogens with one attached hydrogen (secondary N) is 1. The first-order valence-electron chi connectivity index (χ1n) is 18.1. The van der Waals surface area contributed by atoms with E-state index < -0.39 is 29.8 Å². The number of allylic oxidation sites excluding steroid dienone is 1. The number of Topliss-reactive ketones (excluding diaryl/α,β-unsaturated/α-hetero) is 2. The molecular weight excluding hydrogens is 594 g/mol. The molecule has 0 bridgehead atoms. The second-order valence-electron chi connectivity index (χ2n) is 17.6. The van der Waals surface area contributed by atoms with Gasteiger partial charge in [-0.2, -0.15) is 0 Å². The van der Waals surface area contributed by atoms with Gasteiger partial charge in [-0.15, -0.1) is 0 Å². The van der Waals surface area contributed by atoms with E-state index in [9.17, 15) is 29.1 Å². The van der Waals surface area contributed by atoms with Crippen LogP contribution in [-0.4, -0.2) is 47.7 Å². The van der Waals surface area contributed by atoms with Crippen molar-refractivity contribution in [1.82, 2.24) is 5.32 Å². The Kier molecular flexibility index (Phi) is 9.23. The molecule has 5 saturated carbocycles. The maximum atomic E-state index is 14.4. The first-order chi connectivity index (χ1) is 21.8. The van der Waals surface area contributed by atoms with E-state index in [1.807, 2.05) is 0 Å². The van der Waals surface area contributed by atoms with Crippen LogP contribution < -0.4 is 5.32 Å². The number of carbonyl (C=O) groups is 5. The minimum Gasteiger partial charge on any atom is -0.480 e. The lowest BCUT2D eigenvalue weighted by Gasteiger charge is -2.73. The lowest BCUT2D eigenvalue weighted by Crippen LogP contribution is -2.67. The van der Waals surface area contributed by atoms with Gasteiger partial charge >= 0.3 is 11.9 Å². The molecule has 5 unspecified atom stereocenters. The van der Waals surface area contributed by atoms with Gasteiger partial charge in [-0.1, -0.05) is 39.8 Å². The highest BCUT2D eigenvalue weighted by Crippen LogP contribution is 2.78. The standard InChI is InChI=1S/C39H59NO7/c1-22(2)25-12-17-39(34(46)40-28(33(44)45)20-31(43)47-9)19-18-37(7)27(32(25)39)10-11-30-35(5)15-13-26(24(4)42)36(6,21-23(3)41)29(35)14-16-38(30,37)8/h25-30,32H,1,10-21H2,2-9H3,(H,40,46)(H,44,45)/t25-,26+,27?,28?,29?,30?,32?,35-,36+,37+,38+,39-/m0/s1. The fourth-order valence-electron chi connectivity index (χ4n) is 13.6. The highest BCUT2D eigenvalue weighted by molar-refractivity contribution is 5.90. The Morgan fingerprint density at radius 2 is 1.53 bits per heavy atom. The summed E-state index contributed by atoms with van der Waals surface area (Å²) in [5, 5.41) is 12.7. The molecular formula is C39H59NO7. The number of amides is 1. The van der Waals surface area contributed by atoms with Crippen molar-refractivity contribution in [2.24, 2.45) is 62.6 Å². The number of rotatable bonds is 9. The van der Waals surface area contributed by atoms with Gasteiger partial charge in [-0.3, -0.25) is 14.4 Å². The molecule has 0 aromatic rings. The maximum Gasteiger partial charge on any atom is 0.326 e. The summed E-state index contributed by atoms with van der Waals surface area (Å²) >= 11 is 0. The highest BCUT2D eigenvalue weighted by Gasteiger charge is 2.72. The molecule has 0 aliphatic heterocycles. The van der Waals surface area contributed by atoms with Crippen LogP contribution in [0.3, 0.4) is 0 Å². The van der Waals surface area contributed by atoms with Crippen LogP contribution in [0, 0.1) is 62.6 Å². The van der Waals surface area contributed by atoms with Crippen LogP contribution in [0.2, 0.25) is 0 Å². The average molecular weight is 654 g/mol. The molecule has 5 aliphatic rings. The van der Waals surface area contributed by atoms with E-state index in [2.05, 4.69) is 46.5 Å². The van der Waals surface area contributed by atoms with Gasteiger partial charge in [0.15, 0.2) is 0 Å². The smallest absolute Gasteiger partial charge is 0.326 e. The van der Waals surface area contributed by atoms with E-state index in [0.29, 0.717) is 31.1 Å². The van der Waals surface area contributed by atoms with E-state index in [1.54, 1.807) is 13.8 Å². The number of carboxylic acid groups (broad SMARTS) is 1. The molecule has 0 saturated heterocycles. The van der Waals surface area contributed by atoms with Crippen molar-refractivity contribution in [3.63, 3.8) is 0 Å². The zero-order chi connectivity index (χ0) is 34.9. The molecule has 5 rings (SSSR count). The topological polar surface area (TPSA) is 127 Å². The van der Waals surface area contributed by atoms with Crippen molar-refractivity contribution in [2.45, 2.75) is 132 Å². The third kappa shape index (κ3) is 5.24. The van der Waals surface area contributed by atoms with E-state index in [4.69, 9.17) is 4.74 Å². The molecule has 262 valence electrons. The van der Waals surface area contributed by atoms with Crippen LogP contribution in [0.25, 0.3) is 0 Å². The number of fused-ring (bicyclic) bond motifs is 7. The molecule has 0 radical (unpaired) electrons. The lowest BCUT2D eigenvalue weighted by atomic mass is 9.31. The number of ketones is 2. The Labute approximate surface area is 281 Å². The van der Waals surface area contributed by atoms with Gasteiger partial charge in [0.05, 0.1) is 18.9 Å². The number of hydrogen-bond acceptors (Lipinski definition) is 6. The fraction of sp³-hybridized carbons (Fsp3) is 0.821. The van der Waals surface area contributed by atoms with Gasteiger partial charge in [0.25, 0.3) is 0 Å². The van der Waals surface area contributed by atoms with Crippen molar-refractivity contribution in [3.05, 3.63) is 12.2 Å². The fourth-order valence-corrected chi connectivity index (χ4v) is 13.6. The first kappa shape index (κ1) is 35.8. The number of ether oxygens (including phenoxy) is 1. The van der Waals surface area contributed by atoms with Crippen LogP contribution in [0.15, 0.2) is 12.2 Å². The molecule has 12 atom stereocenters. The van der Waals surface area contributed by atoms with E-state index in [0.717, 1.165) is 56.9 Å². The van der Waals surface area contributed by atoms with Gasteiger partial charge in [-0.05, 0) is 136 Å². The molecule has 0 spiro atoms. The highest BCUT2D eigenvalue weighted by atomic mass is 16.5. The molecule has 0 aromatic carbocycles. The van der Waals surface area contributed by atoms with Crippen molar-refractivity contribution in [3.8, 4) is 0 Å². The lowest BCUT2D eigenvalue weighted by molar-refractivity contribution is -0.242. The molecule has 0 aromatic heterocycles. The van der Waals surface area contributed by atoms with Gasteiger partial charge in [-0.25, -0.2) is 4.79 Å². The predicted octanol–water partition coefficient (Wildman–Crippen LogP) is 6.94. The van der Waals surface area contributed by atoms with Crippen LogP contribution in [0.4, 0.5) is 0 Å². The third-order valence-electron chi connectivity index (χ3n) is 15.7. The minimum absolute atomic E-state index is 0.00899. The number of carboxylic acids is 1. The van der Waals surface area contributed by atoms with E-state index >= 15 is 0 Å². The summed E-state index contributed by atoms with van der Waals surface area (Å²) in [5.74, 6) is -0.618. The summed E-state index contributed by atoms with van der Waals surface area (Å²) in [5.41, 5.74) is 0.0226. The molecule has 8 heteroatoms. The summed E-state index contributed by atoms with van der Waals surface area (Å²) in [6.45, 7) is 19.6. The second-order valence-corrected chi connectivity index (χ2v) is 17.6. The van der Waals surface area contributed by atoms with E-state index in [1.165, 1.54) is 7.11 Å². The summed E-state index contributed by atoms with van der Waals surface area (Å²) in [6.07, 6.45) is 9.04. The molecule has 0 heterocycles. The second kappa shape index (κ2) is 12.1. The predicted molar refractivity (Wildman–Crippen MR) is 179 cm³/mol. The van der Waals surface area contributed by atoms with Gasteiger partial charge in [0.2, 0.25) is 5.91 Å². The van der Waals surface area contributed by atoms with Gasteiger partial charge in [0.1, 0.15) is 17.6 Å². The van der Waals surface area contributed by atoms with E-state index in [-0.39, 0.29) is 62.8 Å². The minimum atomic E-state index is -1.33. The number of methoxy groups -OCH3 is 1. The number of aliphatic carboxylic acids is 1. The molecule has 5 aliphatic carbocycles. The maximum absolute atomic E-state index is 14.4. The number of hydrogen-bond donors (Lipinski definition) is 2. The normalized spacial score (nSPS) is 44.4. The molecule has 5 fully saturated rings. The number of esters is 1. The Morgan fingerprint density at radius 3 is 2.11 bits per heavy atom. The Hall–Kier alpha value is -2.51. The first-order valence-corrected chi connectivity index (χ1v) is 18.1. The largest absolute Gasteiger partial charge is 0.480 e. The zero-order valence-corrected chi connectivity index (χ0v) is 30.1. The number of carbonyl (C=O) groups excluding carboxylic acids is 4. The Balaban J connectivity index is 1.51. The molecule has 8 nitrogen and oxygen atoms in total. The van der Waals surface area contributed by atoms with Crippen molar-refractivity contribution >= 4 is 29.4 Å². The summed E-state index contributed by atoms with van der Waals surface area (Å²) in [4.78, 5) is 64.2. The average Bonchev–Trinajstić information content (AvgIpc) is 3.37. The SMILES string of the molecule is C=C(C)[C@@H]1CC[C@]2(C(=O)NC(CC(=O)OC)C(=O)O)CC[C@]3(C)C(CCC4[C@@]5(C)CC[C@H](C(C)=O)[C@@](C)(CC(C)=O)C5CC[C@]43C)C12. The van der Waals surface area contributed by atoms with Crippen LogP contribution in [-0.2, 0) is 28.7 Å². The Morgan fingerprint density at radius 1 is 0.851 bits per heavy atom. The quantitative estimate of drug-likeness (QED) is 0.204. The van der Waals surface area contributed by atoms with Crippen molar-refractivity contribution in [2.75, 3.05) is 7.11 Å². The van der Waals surface area contributed by atoms with Gasteiger partial charge < -0.3 is 20.0 Å². The third-order valence-corrected chi connectivity index (χ3v) is 15.7. The van der Waals surface area contributed by atoms with Crippen LogP contribution >= 0.6 is 0 Å². The van der Waals surface area contributed by atoms with Gasteiger partial charge in [0, 0.05) is 12.3 Å². The summed E-state index contributed by atoms with van der Waals surface area (Å²) in [6, 6.07) is -1.33. The van der Waals surface area contributed by atoms with Crippen LogP contribution in [0.5, 0.6) is 0 Å².